The standard InChI is InChI=1S/C16H17NO6/c1-4-21-16(20)23-14-12(11-8-6-5-7-9-11)13(22-15(18)19)10(2)17(14)3/h5-9H,4H2,1-3H3,(H,18,19). The van der Waals surface area contributed by atoms with E-state index in [9.17, 15) is 9.59 Å². The summed E-state index contributed by atoms with van der Waals surface area (Å²) in [5.74, 6) is 0.272. The van der Waals surface area contributed by atoms with Crippen molar-refractivity contribution in [1.29, 1.82) is 0 Å². The Morgan fingerprint density at radius 3 is 2.39 bits per heavy atom. The molecule has 7 nitrogen and oxygen atoms in total. The smallest absolute Gasteiger partial charge is 0.449 e. The molecule has 0 saturated heterocycles. The lowest BCUT2D eigenvalue weighted by atomic mass is 10.1. The summed E-state index contributed by atoms with van der Waals surface area (Å²) in [5.41, 5.74) is 1.54. The van der Waals surface area contributed by atoms with Gasteiger partial charge in [-0.3, -0.25) is 0 Å². The van der Waals surface area contributed by atoms with Crippen LogP contribution in [0.15, 0.2) is 30.3 Å². The van der Waals surface area contributed by atoms with Crippen molar-refractivity contribution in [3.8, 4) is 22.8 Å². The largest absolute Gasteiger partial charge is 0.515 e. The highest BCUT2D eigenvalue weighted by Crippen LogP contribution is 2.43. The minimum absolute atomic E-state index is 0.116. The van der Waals surface area contributed by atoms with E-state index in [1.54, 1.807) is 45.2 Å². The summed E-state index contributed by atoms with van der Waals surface area (Å²) in [6.07, 6.45) is -2.31. The molecule has 0 spiro atoms. The first-order valence-corrected chi connectivity index (χ1v) is 6.95. The van der Waals surface area contributed by atoms with Crippen LogP contribution in [0.25, 0.3) is 11.1 Å². The molecule has 2 rings (SSSR count). The second kappa shape index (κ2) is 6.87. The highest BCUT2D eigenvalue weighted by molar-refractivity contribution is 5.82. The van der Waals surface area contributed by atoms with E-state index in [0.29, 0.717) is 16.8 Å². The molecule has 0 aliphatic heterocycles. The third-order valence-electron chi connectivity index (χ3n) is 3.27. The van der Waals surface area contributed by atoms with Gasteiger partial charge in [0.25, 0.3) is 0 Å². The van der Waals surface area contributed by atoms with Crippen molar-refractivity contribution in [2.24, 2.45) is 7.05 Å². The summed E-state index contributed by atoms with van der Waals surface area (Å²) in [6, 6.07) is 8.93. The van der Waals surface area contributed by atoms with Gasteiger partial charge >= 0.3 is 12.3 Å². The number of aromatic nitrogens is 1. The number of hydrogen-bond donors (Lipinski definition) is 1. The first-order valence-electron chi connectivity index (χ1n) is 6.95. The van der Waals surface area contributed by atoms with E-state index in [0.717, 1.165) is 0 Å². The van der Waals surface area contributed by atoms with Gasteiger partial charge in [-0.2, -0.15) is 0 Å². The quantitative estimate of drug-likeness (QED) is 0.867. The molecule has 0 unspecified atom stereocenters. The van der Waals surface area contributed by atoms with E-state index < -0.39 is 12.3 Å². The maximum atomic E-state index is 11.7. The van der Waals surface area contributed by atoms with Gasteiger partial charge in [-0.15, -0.1) is 0 Å². The Balaban J connectivity index is 2.60. The highest BCUT2D eigenvalue weighted by Gasteiger charge is 2.26. The van der Waals surface area contributed by atoms with Crippen LogP contribution in [0.1, 0.15) is 12.6 Å². The third kappa shape index (κ3) is 3.45. The van der Waals surface area contributed by atoms with E-state index in [1.165, 1.54) is 4.57 Å². The average Bonchev–Trinajstić information content (AvgIpc) is 2.73. The SMILES string of the molecule is CCOC(=O)Oc1c(-c2ccccc2)c(OC(=O)O)c(C)n1C. The number of nitrogens with zero attached hydrogens (tertiary/aromatic N) is 1. The second-order valence-corrected chi connectivity index (χ2v) is 4.67. The maximum Gasteiger partial charge on any atom is 0.515 e. The Hall–Kier alpha value is -2.96. The second-order valence-electron chi connectivity index (χ2n) is 4.67. The van der Waals surface area contributed by atoms with Crippen LogP contribution in [0.2, 0.25) is 0 Å². The van der Waals surface area contributed by atoms with Gasteiger partial charge in [0.1, 0.15) is 0 Å². The van der Waals surface area contributed by atoms with Gasteiger partial charge in [0.15, 0.2) is 5.75 Å². The Morgan fingerprint density at radius 2 is 1.83 bits per heavy atom. The molecular formula is C16H17NO6. The fourth-order valence-corrected chi connectivity index (χ4v) is 2.17. The molecule has 0 saturated carbocycles. The van der Waals surface area contributed by atoms with Crippen LogP contribution >= 0.6 is 0 Å². The number of rotatable bonds is 4. The fourth-order valence-electron chi connectivity index (χ4n) is 2.17. The molecule has 1 N–H and O–H groups in total. The van der Waals surface area contributed by atoms with Gasteiger partial charge in [0.2, 0.25) is 5.88 Å². The highest BCUT2D eigenvalue weighted by atomic mass is 16.7. The molecule has 0 fully saturated rings. The first-order chi connectivity index (χ1) is 11.0. The van der Waals surface area contributed by atoms with Crippen molar-refractivity contribution in [3.63, 3.8) is 0 Å². The number of carboxylic acid groups (broad SMARTS) is 1. The number of ether oxygens (including phenoxy) is 3. The summed E-state index contributed by atoms with van der Waals surface area (Å²) in [5, 5.41) is 8.97. The lowest BCUT2D eigenvalue weighted by molar-refractivity contribution is 0.101. The van der Waals surface area contributed by atoms with E-state index in [2.05, 4.69) is 0 Å². The van der Waals surface area contributed by atoms with Crippen molar-refractivity contribution in [1.82, 2.24) is 4.57 Å². The molecule has 122 valence electrons. The Morgan fingerprint density at radius 1 is 1.17 bits per heavy atom. The molecule has 0 atom stereocenters. The summed E-state index contributed by atoms with van der Waals surface area (Å²) < 4.78 is 16.5. The van der Waals surface area contributed by atoms with E-state index in [1.807, 2.05) is 6.07 Å². The van der Waals surface area contributed by atoms with Gasteiger partial charge < -0.3 is 23.9 Å². The molecule has 2 aromatic rings. The number of benzene rings is 1. The van der Waals surface area contributed by atoms with Gasteiger partial charge in [0.05, 0.1) is 17.9 Å². The zero-order valence-corrected chi connectivity index (χ0v) is 13.0. The van der Waals surface area contributed by atoms with E-state index in [4.69, 9.17) is 19.3 Å². The summed E-state index contributed by atoms with van der Waals surface area (Å²) in [4.78, 5) is 22.7. The van der Waals surface area contributed by atoms with Crippen molar-refractivity contribution < 1.29 is 28.9 Å². The van der Waals surface area contributed by atoms with Crippen LogP contribution in [0.5, 0.6) is 11.6 Å². The zero-order valence-electron chi connectivity index (χ0n) is 13.0. The number of hydrogen-bond acceptors (Lipinski definition) is 5. The van der Waals surface area contributed by atoms with Gasteiger partial charge in [0, 0.05) is 7.05 Å². The molecule has 0 radical (unpaired) electrons. The van der Waals surface area contributed by atoms with Crippen molar-refractivity contribution in [2.45, 2.75) is 13.8 Å². The molecule has 0 amide bonds. The molecular weight excluding hydrogens is 302 g/mol. The number of carbonyl (C=O) groups is 2. The summed E-state index contributed by atoms with van der Waals surface area (Å²) >= 11 is 0. The van der Waals surface area contributed by atoms with Gasteiger partial charge in [-0.05, 0) is 19.4 Å². The Labute approximate surface area is 133 Å². The van der Waals surface area contributed by atoms with Crippen molar-refractivity contribution in [3.05, 3.63) is 36.0 Å². The predicted octanol–water partition coefficient (Wildman–Crippen LogP) is 3.59. The Bertz CT molecular complexity index is 720. The third-order valence-corrected chi connectivity index (χ3v) is 3.27. The first kappa shape index (κ1) is 16.4. The molecule has 0 aliphatic rings. The molecule has 23 heavy (non-hydrogen) atoms. The minimum atomic E-state index is -1.45. The average molecular weight is 319 g/mol. The Kier molecular flexibility index (Phi) is 4.90. The van der Waals surface area contributed by atoms with Gasteiger partial charge in [-0.1, -0.05) is 30.3 Å². The van der Waals surface area contributed by atoms with E-state index in [-0.39, 0.29) is 18.2 Å². The zero-order chi connectivity index (χ0) is 17.0. The van der Waals surface area contributed by atoms with Crippen LogP contribution in [0, 0.1) is 6.92 Å². The topological polar surface area (TPSA) is 87.0 Å². The van der Waals surface area contributed by atoms with Crippen LogP contribution < -0.4 is 9.47 Å². The predicted molar refractivity (Wildman–Crippen MR) is 81.9 cm³/mol. The minimum Gasteiger partial charge on any atom is -0.449 e. The van der Waals surface area contributed by atoms with Crippen LogP contribution in [0.3, 0.4) is 0 Å². The fraction of sp³-hybridized carbons (Fsp3) is 0.250. The summed E-state index contributed by atoms with van der Waals surface area (Å²) in [6.45, 7) is 3.50. The maximum absolute atomic E-state index is 11.7. The molecule has 1 heterocycles. The normalized spacial score (nSPS) is 10.2. The van der Waals surface area contributed by atoms with Crippen molar-refractivity contribution in [2.75, 3.05) is 6.61 Å². The molecule has 0 aliphatic carbocycles. The molecule has 0 bridgehead atoms. The van der Waals surface area contributed by atoms with Crippen molar-refractivity contribution >= 4 is 12.3 Å². The molecule has 7 heteroatoms. The van der Waals surface area contributed by atoms with Crippen LogP contribution in [-0.2, 0) is 11.8 Å². The van der Waals surface area contributed by atoms with Crippen LogP contribution in [-0.4, -0.2) is 28.6 Å². The molecule has 1 aromatic carbocycles. The monoisotopic (exact) mass is 319 g/mol. The molecule has 1 aromatic heterocycles. The number of carbonyl (C=O) groups excluding carboxylic acids is 1. The van der Waals surface area contributed by atoms with Gasteiger partial charge in [-0.25, -0.2) is 9.59 Å². The van der Waals surface area contributed by atoms with E-state index >= 15 is 0 Å². The van der Waals surface area contributed by atoms with Crippen LogP contribution in [0.4, 0.5) is 9.59 Å². The summed E-state index contributed by atoms with van der Waals surface area (Å²) in [7, 11) is 1.64. The lowest BCUT2D eigenvalue weighted by Gasteiger charge is -2.09. The lowest BCUT2D eigenvalue weighted by Crippen LogP contribution is -2.12.